The second-order valence-corrected chi connectivity index (χ2v) is 4.43. The van der Waals surface area contributed by atoms with Crippen LogP contribution in [0.4, 0.5) is 16.2 Å². The molecule has 18 heavy (non-hydrogen) atoms. The summed E-state index contributed by atoms with van der Waals surface area (Å²) in [5, 5.41) is 6.09. The number of ether oxygens (including phenoxy) is 1. The molecule has 1 aliphatic carbocycles. The van der Waals surface area contributed by atoms with Crippen LogP contribution in [0.1, 0.15) is 26.2 Å². The van der Waals surface area contributed by atoms with Crippen LogP contribution >= 0.6 is 0 Å². The molecule has 0 aliphatic heterocycles. The molecule has 100 valence electrons. The Morgan fingerprint density at radius 1 is 1.50 bits per heavy atom. The number of nitrogens with one attached hydrogen (secondary N) is 2. The van der Waals surface area contributed by atoms with Gasteiger partial charge in [0.2, 0.25) is 5.95 Å². The van der Waals surface area contributed by atoms with Crippen LogP contribution in [0.5, 0.6) is 0 Å². The number of nitrogens with zero attached hydrogens (tertiary/aromatic N) is 2. The summed E-state index contributed by atoms with van der Waals surface area (Å²) in [7, 11) is 1.71. The lowest BCUT2D eigenvalue weighted by molar-refractivity contribution is 0.108. The lowest BCUT2D eigenvalue weighted by Crippen LogP contribution is -2.19. The van der Waals surface area contributed by atoms with Crippen molar-refractivity contribution in [3.05, 3.63) is 12.0 Å². The molecule has 0 spiro atoms. The first-order chi connectivity index (χ1) is 8.72. The van der Waals surface area contributed by atoms with Crippen LogP contribution in [-0.4, -0.2) is 35.8 Å². The number of aromatic nitrogens is 2. The van der Waals surface area contributed by atoms with Crippen LogP contribution in [0.2, 0.25) is 0 Å². The Labute approximate surface area is 106 Å². The van der Waals surface area contributed by atoms with Gasteiger partial charge >= 0.3 is 0 Å². The summed E-state index contributed by atoms with van der Waals surface area (Å²) in [5.41, 5.74) is 0. The number of halogens is 1. The van der Waals surface area contributed by atoms with Gasteiger partial charge in [0, 0.05) is 19.7 Å². The maximum Gasteiger partial charge on any atom is 0.224 e. The zero-order valence-electron chi connectivity index (χ0n) is 10.7. The highest BCUT2D eigenvalue weighted by molar-refractivity contribution is 5.42. The fraction of sp³-hybridized carbons (Fsp3) is 0.667. The second-order valence-electron chi connectivity index (χ2n) is 4.43. The first-order valence-corrected chi connectivity index (χ1v) is 6.28. The molecule has 2 atom stereocenters. The van der Waals surface area contributed by atoms with Crippen molar-refractivity contribution in [2.75, 3.05) is 24.3 Å². The van der Waals surface area contributed by atoms with Crippen molar-refractivity contribution in [1.29, 1.82) is 0 Å². The zero-order valence-corrected chi connectivity index (χ0v) is 10.7. The third-order valence-electron chi connectivity index (χ3n) is 3.14. The lowest BCUT2D eigenvalue weighted by Gasteiger charge is -2.14. The zero-order chi connectivity index (χ0) is 13.0. The molecule has 2 unspecified atom stereocenters. The molecule has 1 aliphatic rings. The van der Waals surface area contributed by atoms with E-state index in [1.54, 1.807) is 7.11 Å². The Kier molecular flexibility index (Phi) is 4.30. The van der Waals surface area contributed by atoms with Crippen LogP contribution < -0.4 is 10.6 Å². The van der Waals surface area contributed by atoms with E-state index in [0.29, 0.717) is 12.5 Å². The van der Waals surface area contributed by atoms with Crippen molar-refractivity contribution in [1.82, 2.24) is 9.97 Å². The monoisotopic (exact) mass is 254 g/mol. The third-order valence-corrected chi connectivity index (χ3v) is 3.14. The maximum absolute atomic E-state index is 13.6. The fourth-order valence-corrected chi connectivity index (χ4v) is 2.19. The minimum absolute atomic E-state index is 0.217. The Morgan fingerprint density at radius 2 is 2.33 bits per heavy atom. The van der Waals surface area contributed by atoms with E-state index in [2.05, 4.69) is 20.6 Å². The molecule has 0 radical (unpaired) electrons. The number of anilines is 2. The highest BCUT2D eigenvalue weighted by Gasteiger charge is 2.25. The van der Waals surface area contributed by atoms with Gasteiger partial charge in [-0.05, 0) is 26.2 Å². The van der Waals surface area contributed by atoms with Crippen LogP contribution in [0.3, 0.4) is 0 Å². The Balaban J connectivity index is 2.02. The predicted molar refractivity (Wildman–Crippen MR) is 68.2 cm³/mol. The van der Waals surface area contributed by atoms with Crippen LogP contribution in [0.25, 0.3) is 0 Å². The Bertz CT molecular complexity index is 402. The van der Waals surface area contributed by atoms with Crippen molar-refractivity contribution >= 4 is 11.8 Å². The number of hydrogen-bond donors (Lipinski definition) is 2. The van der Waals surface area contributed by atoms with E-state index in [0.717, 1.165) is 19.3 Å². The van der Waals surface area contributed by atoms with Gasteiger partial charge in [-0.3, -0.25) is 0 Å². The van der Waals surface area contributed by atoms with E-state index in [9.17, 15) is 4.39 Å². The van der Waals surface area contributed by atoms with Crippen LogP contribution in [-0.2, 0) is 4.74 Å². The summed E-state index contributed by atoms with van der Waals surface area (Å²) < 4.78 is 18.9. The van der Waals surface area contributed by atoms with E-state index >= 15 is 0 Å². The van der Waals surface area contributed by atoms with Gasteiger partial charge in [0.05, 0.1) is 12.3 Å². The molecule has 2 N–H and O–H groups in total. The van der Waals surface area contributed by atoms with Gasteiger partial charge < -0.3 is 15.4 Å². The van der Waals surface area contributed by atoms with Gasteiger partial charge in [-0.25, -0.2) is 9.37 Å². The summed E-state index contributed by atoms with van der Waals surface area (Å²) in [4.78, 5) is 8.00. The molecule has 1 heterocycles. The average molecular weight is 254 g/mol. The molecule has 1 aromatic rings. The summed E-state index contributed by atoms with van der Waals surface area (Å²) in [5.74, 6) is 0.294. The van der Waals surface area contributed by atoms with Gasteiger partial charge in [-0.15, -0.1) is 0 Å². The molecule has 0 bridgehead atoms. The van der Waals surface area contributed by atoms with E-state index in [1.165, 1.54) is 6.20 Å². The molecule has 0 amide bonds. The Morgan fingerprint density at radius 3 is 3.00 bits per heavy atom. The summed E-state index contributed by atoms with van der Waals surface area (Å²) in [6.07, 6.45) is 4.31. The minimum atomic E-state index is -0.419. The van der Waals surface area contributed by atoms with Gasteiger partial charge in [-0.2, -0.15) is 4.98 Å². The second kappa shape index (κ2) is 5.95. The summed E-state index contributed by atoms with van der Waals surface area (Å²) in [6, 6.07) is 0.217. The summed E-state index contributed by atoms with van der Waals surface area (Å²) >= 11 is 0. The van der Waals surface area contributed by atoms with Gasteiger partial charge in [0.15, 0.2) is 11.6 Å². The molecule has 1 fully saturated rings. The van der Waals surface area contributed by atoms with E-state index in [4.69, 9.17) is 4.74 Å². The SMILES string of the molecule is CCNc1ncc(F)c(NC2CCC(OC)C2)n1. The van der Waals surface area contributed by atoms with Crippen molar-refractivity contribution in [2.45, 2.75) is 38.3 Å². The van der Waals surface area contributed by atoms with E-state index in [1.807, 2.05) is 6.92 Å². The first kappa shape index (κ1) is 13.0. The highest BCUT2D eigenvalue weighted by atomic mass is 19.1. The molecule has 1 saturated carbocycles. The minimum Gasteiger partial charge on any atom is -0.381 e. The Hall–Kier alpha value is -1.43. The van der Waals surface area contributed by atoms with E-state index < -0.39 is 5.82 Å². The van der Waals surface area contributed by atoms with Crippen molar-refractivity contribution in [3.63, 3.8) is 0 Å². The van der Waals surface area contributed by atoms with E-state index in [-0.39, 0.29) is 18.0 Å². The average Bonchev–Trinajstić information content (AvgIpc) is 2.81. The molecule has 1 aromatic heterocycles. The third kappa shape index (κ3) is 3.07. The molecular weight excluding hydrogens is 235 g/mol. The van der Waals surface area contributed by atoms with Gasteiger partial charge in [-0.1, -0.05) is 0 Å². The predicted octanol–water partition coefficient (Wildman–Crippen LogP) is 2.03. The standard InChI is InChI=1S/C12H19FN4O/c1-3-14-12-15-7-10(13)11(17-12)16-8-4-5-9(6-8)18-2/h7-9H,3-6H2,1-2H3,(H2,14,15,16,17). The molecule has 2 rings (SSSR count). The molecular formula is C12H19FN4O. The molecule has 6 heteroatoms. The smallest absolute Gasteiger partial charge is 0.224 e. The molecule has 0 aromatic carbocycles. The van der Waals surface area contributed by atoms with Crippen molar-refractivity contribution in [3.8, 4) is 0 Å². The van der Waals surface area contributed by atoms with Crippen molar-refractivity contribution in [2.24, 2.45) is 0 Å². The largest absolute Gasteiger partial charge is 0.381 e. The molecule has 0 saturated heterocycles. The topological polar surface area (TPSA) is 59.1 Å². The number of methoxy groups -OCH3 is 1. The normalized spacial score (nSPS) is 23.1. The summed E-state index contributed by atoms with van der Waals surface area (Å²) in [6.45, 7) is 2.65. The van der Waals surface area contributed by atoms with Crippen LogP contribution in [0, 0.1) is 5.82 Å². The maximum atomic E-state index is 13.6. The quantitative estimate of drug-likeness (QED) is 0.842. The van der Waals surface area contributed by atoms with Gasteiger partial charge in [0.1, 0.15) is 0 Å². The number of rotatable bonds is 5. The van der Waals surface area contributed by atoms with Crippen LogP contribution in [0.15, 0.2) is 6.20 Å². The molecule has 5 nitrogen and oxygen atoms in total. The number of hydrogen-bond acceptors (Lipinski definition) is 5. The van der Waals surface area contributed by atoms with Crippen molar-refractivity contribution < 1.29 is 9.13 Å². The lowest BCUT2D eigenvalue weighted by atomic mass is 10.2. The highest BCUT2D eigenvalue weighted by Crippen LogP contribution is 2.25. The first-order valence-electron chi connectivity index (χ1n) is 6.28. The van der Waals surface area contributed by atoms with Gasteiger partial charge in [0.25, 0.3) is 0 Å². The fourth-order valence-electron chi connectivity index (χ4n) is 2.19.